The molecule has 0 aromatic heterocycles. The number of nitrogen functional groups attached to an aromatic ring is 1. The van der Waals surface area contributed by atoms with Gasteiger partial charge < -0.3 is 15.4 Å². The highest BCUT2D eigenvalue weighted by Gasteiger charge is 2.16. The standard InChI is InChI=1S/C13H23N3O3S/c1-10(2)9-16(6-7-19-3)13-8-11(20(15,17)18)4-5-12(13)14/h4-5,8,10H,6-7,9,14H2,1-3H3,(H2,15,17,18). The van der Waals surface area contributed by atoms with Crippen LogP contribution in [0.3, 0.4) is 0 Å². The second-order valence-corrected chi connectivity index (χ2v) is 6.66. The molecule has 0 saturated heterocycles. The highest BCUT2D eigenvalue weighted by Crippen LogP contribution is 2.27. The van der Waals surface area contributed by atoms with Crippen LogP contribution in [-0.4, -0.2) is 35.2 Å². The molecule has 0 bridgehead atoms. The number of primary sulfonamides is 1. The Morgan fingerprint density at radius 1 is 1.35 bits per heavy atom. The van der Waals surface area contributed by atoms with Crippen molar-refractivity contribution in [3.8, 4) is 0 Å². The van der Waals surface area contributed by atoms with Crippen LogP contribution >= 0.6 is 0 Å². The number of benzene rings is 1. The third-order valence-corrected chi connectivity index (χ3v) is 3.73. The molecule has 0 aliphatic heterocycles. The van der Waals surface area contributed by atoms with Crippen LogP contribution in [0.2, 0.25) is 0 Å². The number of methoxy groups -OCH3 is 1. The van der Waals surface area contributed by atoms with Crippen molar-refractivity contribution in [1.29, 1.82) is 0 Å². The van der Waals surface area contributed by atoms with Gasteiger partial charge >= 0.3 is 0 Å². The fraction of sp³-hybridized carbons (Fsp3) is 0.538. The Morgan fingerprint density at radius 2 is 2.00 bits per heavy atom. The van der Waals surface area contributed by atoms with E-state index in [2.05, 4.69) is 13.8 Å². The first kappa shape index (κ1) is 16.7. The molecule has 0 radical (unpaired) electrons. The molecule has 114 valence electrons. The van der Waals surface area contributed by atoms with E-state index in [0.29, 0.717) is 30.4 Å². The van der Waals surface area contributed by atoms with Crippen LogP contribution < -0.4 is 15.8 Å². The van der Waals surface area contributed by atoms with Crippen molar-refractivity contribution in [1.82, 2.24) is 0 Å². The first-order valence-corrected chi connectivity index (χ1v) is 7.96. The van der Waals surface area contributed by atoms with Crippen molar-refractivity contribution < 1.29 is 13.2 Å². The number of ether oxygens (including phenoxy) is 1. The second kappa shape index (κ2) is 6.92. The van der Waals surface area contributed by atoms with E-state index in [1.807, 2.05) is 4.90 Å². The van der Waals surface area contributed by atoms with Gasteiger partial charge in [-0.15, -0.1) is 0 Å². The first-order chi connectivity index (χ1) is 9.25. The summed E-state index contributed by atoms with van der Waals surface area (Å²) < 4.78 is 28.0. The molecular weight excluding hydrogens is 278 g/mol. The summed E-state index contributed by atoms with van der Waals surface area (Å²) in [7, 11) is -2.12. The highest BCUT2D eigenvalue weighted by molar-refractivity contribution is 7.89. The molecule has 0 atom stereocenters. The smallest absolute Gasteiger partial charge is 0.238 e. The Balaban J connectivity index is 3.17. The van der Waals surface area contributed by atoms with Crippen molar-refractivity contribution in [2.45, 2.75) is 18.7 Å². The van der Waals surface area contributed by atoms with Gasteiger partial charge in [0.2, 0.25) is 10.0 Å². The monoisotopic (exact) mass is 301 g/mol. The van der Waals surface area contributed by atoms with Gasteiger partial charge in [0.25, 0.3) is 0 Å². The molecule has 20 heavy (non-hydrogen) atoms. The number of sulfonamides is 1. The van der Waals surface area contributed by atoms with Gasteiger partial charge in [-0.2, -0.15) is 0 Å². The summed E-state index contributed by atoms with van der Waals surface area (Å²) in [5.41, 5.74) is 7.15. The SMILES string of the molecule is COCCN(CC(C)C)c1cc(S(N)(=O)=O)ccc1N. The lowest BCUT2D eigenvalue weighted by Crippen LogP contribution is -2.31. The molecule has 0 aliphatic rings. The Labute approximate surface area is 120 Å². The van der Waals surface area contributed by atoms with E-state index in [1.165, 1.54) is 12.1 Å². The van der Waals surface area contributed by atoms with Crippen LogP contribution in [0.1, 0.15) is 13.8 Å². The summed E-state index contributed by atoms with van der Waals surface area (Å²) in [6.07, 6.45) is 0. The lowest BCUT2D eigenvalue weighted by Gasteiger charge is -2.28. The predicted molar refractivity (Wildman–Crippen MR) is 81.2 cm³/mol. The van der Waals surface area contributed by atoms with Gasteiger partial charge in [0.15, 0.2) is 0 Å². The summed E-state index contributed by atoms with van der Waals surface area (Å²) in [6, 6.07) is 4.50. The molecule has 0 heterocycles. The first-order valence-electron chi connectivity index (χ1n) is 6.42. The molecule has 7 heteroatoms. The van der Waals surface area contributed by atoms with E-state index in [1.54, 1.807) is 13.2 Å². The predicted octanol–water partition coefficient (Wildman–Crippen LogP) is 1.03. The third-order valence-electron chi connectivity index (χ3n) is 2.82. The zero-order valence-electron chi connectivity index (χ0n) is 12.2. The van der Waals surface area contributed by atoms with Gasteiger partial charge in [0.05, 0.1) is 22.9 Å². The topological polar surface area (TPSA) is 98.6 Å². The van der Waals surface area contributed by atoms with Crippen molar-refractivity contribution in [2.24, 2.45) is 11.1 Å². The number of hydrogen-bond acceptors (Lipinski definition) is 5. The van der Waals surface area contributed by atoms with Gasteiger partial charge in [-0.05, 0) is 24.1 Å². The summed E-state index contributed by atoms with van der Waals surface area (Å²) in [6.45, 7) is 6.08. The molecule has 1 rings (SSSR count). The molecule has 0 amide bonds. The van der Waals surface area contributed by atoms with E-state index < -0.39 is 10.0 Å². The fourth-order valence-corrected chi connectivity index (χ4v) is 2.46. The molecular formula is C13H23N3O3S. The van der Waals surface area contributed by atoms with Gasteiger partial charge in [-0.25, -0.2) is 13.6 Å². The van der Waals surface area contributed by atoms with Crippen molar-refractivity contribution in [3.05, 3.63) is 18.2 Å². The Morgan fingerprint density at radius 3 is 2.50 bits per heavy atom. The van der Waals surface area contributed by atoms with Crippen LogP contribution in [-0.2, 0) is 14.8 Å². The van der Waals surface area contributed by atoms with E-state index in [0.717, 1.165) is 6.54 Å². The number of rotatable bonds is 7. The van der Waals surface area contributed by atoms with Crippen LogP contribution in [0.4, 0.5) is 11.4 Å². The average molecular weight is 301 g/mol. The van der Waals surface area contributed by atoms with Crippen LogP contribution in [0.5, 0.6) is 0 Å². The zero-order valence-corrected chi connectivity index (χ0v) is 13.0. The Kier molecular flexibility index (Phi) is 5.79. The minimum absolute atomic E-state index is 0.0628. The van der Waals surface area contributed by atoms with Gasteiger partial charge in [0, 0.05) is 20.2 Å². The third kappa shape index (κ3) is 4.66. The van der Waals surface area contributed by atoms with Gasteiger partial charge in [-0.3, -0.25) is 0 Å². The molecule has 0 unspecified atom stereocenters. The van der Waals surface area contributed by atoms with E-state index >= 15 is 0 Å². The minimum Gasteiger partial charge on any atom is -0.397 e. The molecule has 1 aromatic carbocycles. The number of nitrogens with two attached hydrogens (primary N) is 2. The molecule has 0 fully saturated rings. The van der Waals surface area contributed by atoms with Gasteiger partial charge in [-0.1, -0.05) is 13.8 Å². The van der Waals surface area contributed by atoms with Crippen molar-refractivity contribution in [2.75, 3.05) is 37.4 Å². The molecule has 0 aliphatic carbocycles. The lowest BCUT2D eigenvalue weighted by molar-refractivity contribution is 0.204. The summed E-state index contributed by atoms with van der Waals surface area (Å²) in [5, 5.41) is 5.17. The van der Waals surface area contributed by atoms with E-state index in [4.69, 9.17) is 15.6 Å². The van der Waals surface area contributed by atoms with E-state index in [-0.39, 0.29) is 4.90 Å². The van der Waals surface area contributed by atoms with Crippen molar-refractivity contribution >= 4 is 21.4 Å². The molecule has 6 nitrogen and oxygen atoms in total. The minimum atomic E-state index is -3.74. The van der Waals surface area contributed by atoms with Crippen LogP contribution in [0, 0.1) is 5.92 Å². The molecule has 4 N–H and O–H groups in total. The average Bonchev–Trinajstić information content (AvgIpc) is 2.33. The van der Waals surface area contributed by atoms with Crippen LogP contribution in [0.25, 0.3) is 0 Å². The summed E-state index contributed by atoms with van der Waals surface area (Å²) >= 11 is 0. The Hall–Kier alpha value is -1.31. The molecule has 0 spiro atoms. The zero-order chi connectivity index (χ0) is 15.3. The van der Waals surface area contributed by atoms with Crippen molar-refractivity contribution in [3.63, 3.8) is 0 Å². The summed E-state index contributed by atoms with van der Waals surface area (Å²) in [4.78, 5) is 2.07. The number of anilines is 2. The normalized spacial score (nSPS) is 11.8. The maximum absolute atomic E-state index is 11.4. The fourth-order valence-electron chi connectivity index (χ4n) is 1.93. The molecule has 0 saturated carbocycles. The van der Waals surface area contributed by atoms with Gasteiger partial charge in [0.1, 0.15) is 0 Å². The maximum atomic E-state index is 11.4. The Bertz CT molecular complexity index is 544. The number of hydrogen-bond donors (Lipinski definition) is 2. The quantitative estimate of drug-likeness (QED) is 0.733. The number of nitrogens with zero attached hydrogens (tertiary/aromatic N) is 1. The van der Waals surface area contributed by atoms with E-state index in [9.17, 15) is 8.42 Å². The lowest BCUT2D eigenvalue weighted by atomic mass is 10.1. The largest absolute Gasteiger partial charge is 0.397 e. The summed E-state index contributed by atoms with van der Waals surface area (Å²) in [5.74, 6) is 0.407. The highest BCUT2D eigenvalue weighted by atomic mass is 32.2. The molecule has 1 aromatic rings. The second-order valence-electron chi connectivity index (χ2n) is 5.10. The maximum Gasteiger partial charge on any atom is 0.238 e. The van der Waals surface area contributed by atoms with Crippen LogP contribution in [0.15, 0.2) is 23.1 Å².